The molecule has 0 N–H and O–H groups in total. The average Bonchev–Trinajstić information content (AvgIpc) is 3.30. The molecule has 2 aromatic rings. The number of fused-ring (bicyclic) bond motifs is 1. The standard InChI is InChI=1S/C20H23NO3S/c1-14-4-2-8-21(12-14)20(22)11-16(19-5-3-9-25-19)15-6-7-17-18(10-15)24-13-23-17/h3,5-7,9-10,14,16H,2,4,8,11-13H2,1H3. The van der Waals surface area contributed by atoms with Crippen molar-refractivity contribution in [2.24, 2.45) is 5.92 Å². The van der Waals surface area contributed by atoms with Crippen LogP contribution in [-0.2, 0) is 4.79 Å². The van der Waals surface area contributed by atoms with Gasteiger partial charge in [0.25, 0.3) is 0 Å². The fourth-order valence-electron chi connectivity index (χ4n) is 3.72. The minimum atomic E-state index is 0.0687. The van der Waals surface area contributed by atoms with Crippen molar-refractivity contribution in [1.82, 2.24) is 4.90 Å². The van der Waals surface area contributed by atoms with Crippen molar-refractivity contribution < 1.29 is 14.3 Å². The van der Waals surface area contributed by atoms with Crippen molar-refractivity contribution in [3.8, 4) is 11.5 Å². The fraction of sp³-hybridized carbons (Fsp3) is 0.450. The molecule has 4 rings (SSSR count). The lowest BCUT2D eigenvalue weighted by Crippen LogP contribution is -2.39. The number of carbonyl (C=O) groups is 1. The number of amides is 1. The van der Waals surface area contributed by atoms with Crippen molar-refractivity contribution in [2.45, 2.75) is 32.1 Å². The largest absolute Gasteiger partial charge is 0.454 e. The van der Waals surface area contributed by atoms with Gasteiger partial charge in [-0.25, -0.2) is 0 Å². The maximum Gasteiger partial charge on any atom is 0.231 e. The van der Waals surface area contributed by atoms with Gasteiger partial charge >= 0.3 is 0 Å². The van der Waals surface area contributed by atoms with Crippen molar-refractivity contribution in [3.63, 3.8) is 0 Å². The minimum absolute atomic E-state index is 0.0687. The van der Waals surface area contributed by atoms with Crippen LogP contribution in [0.5, 0.6) is 11.5 Å². The summed E-state index contributed by atoms with van der Waals surface area (Å²) in [5, 5.41) is 2.07. The lowest BCUT2D eigenvalue weighted by Gasteiger charge is -2.32. The van der Waals surface area contributed by atoms with Crippen LogP contribution in [0.3, 0.4) is 0 Å². The third-order valence-corrected chi connectivity index (χ3v) is 6.06. The van der Waals surface area contributed by atoms with Gasteiger partial charge in [-0.1, -0.05) is 19.1 Å². The number of likely N-dealkylation sites (tertiary alicyclic amines) is 1. The second kappa shape index (κ2) is 7.08. The Morgan fingerprint density at radius 1 is 1.32 bits per heavy atom. The number of thiophene rings is 1. The van der Waals surface area contributed by atoms with Crippen LogP contribution >= 0.6 is 11.3 Å². The van der Waals surface area contributed by atoms with E-state index in [0.717, 1.165) is 36.6 Å². The number of hydrogen-bond donors (Lipinski definition) is 0. The minimum Gasteiger partial charge on any atom is -0.454 e. The Morgan fingerprint density at radius 3 is 3.00 bits per heavy atom. The number of piperidine rings is 1. The van der Waals surface area contributed by atoms with E-state index in [4.69, 9.17) is 9.47 Å². The molecule has 1 fully saturated rings. The van der Waals surface area contributed by atoms with E-state index in [9.17, 15) is 4.79 Å². The Hall–Kier alpha value is -2.01. The van der Waals surface area contributed by atoms with Crippen LogP contribution in [0, 0.1) is 5.92 Å². The number of ether oxygens (including phenoxy) is 2. The predicted molar refractivity (Wildman–Crippen MR) is 98.3 cm³/mol. The van der Waals surface area contributed by atoms with Gasteiger partial charge in [-0.2, -0.15) is 0 Å². The third kappa shape index (κ3) is 3.52. The molecule has 0 spiro atoms. The van der Waals surface area contributed by atoms with Gasteiger partial charge in [0.05, 0.1) is 0 Å². The third-order valence-electron chi connectivity index (χ3n) is 5.07. The van der Waals surface area contributed by atoms with Crippen molar-refractivity contribution >= 4 is 17.2 Å². The van der Waals surface area contributed by atoms with E-state index >= 15 is 0 Å². The molecule has 2 aliphatic rings. The number of carbonyl (C=O) groups excluding carboxylic acids is 1. The molecule has 1 saturated heterocycles. The van der Waals surface area contributed by atoms with Crippen LogP contribution in [-0.4, -0.2) is 30.7 Å². The summed E-state index contributed by atoms with van der Waals surface area (Å²) >= 11 is 1.71. The molecule has 0 radical (unpaired) electrons. The summed E-state index contributed by atoms with van der Waals surface area (Å²) in [6.45, 7) is 4.28. The first-order valence-corrected chi connectivity index (χ1v) is 9.79. The number of rotatable bonds is 4. The highest BCUT2D eigenvalue weighted by Gasteiger charge is 2.27. The Balaban J connectivity index is 1.58. The monoisotopic (exact) mass is 357 g/mol. The molecule has 0 bridgehead atoms. The van der Waals surface area contributed by atoms with E-state index in [0.29, 0.717) is 12.3 Å². The van der Waals surface area contributed by atoms with E-state index in [1.54, 1.807) is 11.3 Å². The number of nitrogens with zero attached hydrogens (tertiary/aromatic N) is 1. The van der Waals surface area contributed by atoms with Gasteiger partial charge in [0.1, 0.15) is 0 Å². The summed E-state index contributed by atoms with van der Waals surface area (Å²) in [6, 6.07) is 10.2. The van der Waals surface area contributed by atoms with Crippen molar-refractivity contribution in [3.05, 3.63) is 46.2 Å². The van der Waals surface area contributed by atoms with Crippen LogP contribution in [0.25, 0.3) is 0 Å². The quantitative estimate of drug-likeness (QED) is 0.821. The molecule has 1 aromatic heterocycles. The van der Waals surface area contributed by atoms with Gasteiger partial charge in [0.2, 0.25) is 12.7 Å². The summed E-state index contributed by atoms with van der Waals surface area (Å²) in [5.41, 5.74) is 1.12. The van der Waals surface area contributed by atoms with E-state index in [1.807, 2.05) is 23.1 Å². The maximum atomic E-state index is 12.9. The lowest BCUT2D eigenvalue weighted by atomic mass is 9.92. The van der Waals surface area contributed by atoms with Gasteiger partial charge in [-0.3, -0.25) is 4.79 Å². The summed E-state index contributed by atoms with van der Waals surface area (Å²) < 4.78 is 10.9. The van der Waals surface area contributed by atoms with E-state index in [1.165, 1.54) is 11.3 Å². The zero-order valence-corrected chi connectivity index (χ0v) is 15.3. The van der Waals surface area contributed by atoms with Gasteiger partial charge in [0.15, 0.2) is 11.5 Å². The molecule has 132 valence electrons. The molecule has 2 unspecified atom stereocenters. The summed E-state index contributed by atoms with van der Waals surface area (Å²) in [4.78, 5) is 16.2. The van der Waals surface area contributed by atoms with E-state index < -0.39 is 0 Å². The Morgan fingerprint density at radius 2 is 2.20 bits per heavy atom. The second-order valence-electron chi connectivity index (χ2n) is 6.97. The van der Waals surface area contributed by atoms with Gasteiger partial charge in [-0.05, 0) is 47.9 Å². The molecule has 0 saturated carbocycles. The van der Waals surface area contributed by atoms with Crippen LogP contribution in [0.1, 0.15) is 42.5 Å². The predicted octanol–water partition coefficient (Wildman–Crippen LogP) is 4.26. The average molecular weight is 357 g/mol. The molecule has 3 heterocycles. The van der Waals surface area contributed by atoms with Crippen molar-refractivity contribution in [2.75, 3.05) is 19.9 Å². The molecule has 1 aromatic carbocycles. The van der Waals surface area contributed by atoms with E-state index in [-0.39, 0.29) is 18.6 Å². The van der Waals surface area contributed by atoms with Crippen LogP contribution in [0.4, 0.5) is 0 Å². The SMILES string of the molecule is CC1CCCN(C(=O)CC(c2ccc3c(c2)OCO3)c2cccs2)C1. The first-order valence-electron chi connectivity index (χ1n) is 8.91. The van der Waals surface area contributed by atoms with Gasteiger partial charge < -0.3 is 14.4 Å². The molecular formula is C20H23NO3S. The molecule has 5 heteroatoms. The maximum absolute atomic E-state index is 12.9. The number of hydrogen-bond acceptors (Lipinski definition) is 4. The normalized spacial score (nSPS) is 20.5. The topological polar surface area (TPSA) is 38.8 Å². The highest BCUT2D eigenvalue weighted by atomic mass is 32.1. The van der Waals surface area contributed by atoms with Crippen LogP contribution in [0.15, 0.2) is 35.7 Å². The van der Waals surface area contributed by atoms with Crippen LogP contribution < -0.4 is 9.47 Å². The molecule has 2 aliphatic heterocycles. The first kappa shape index (κ1) is 16.5. The Labute approximate surface area is 152 Å². The van der Waals surface area contributed by atoms with Gasteiger partial charge in [-0.15, -0.1) is 11.3 Å². The molecular weight excluding hydrogens is 334 g/mol. The summed E-state index contributed by atoms with van der Waals surface area (Å²) in [6.07, 6.45) is 2.84. The summed E-state index contributed by atoms with van der Waals surface area (Å²) in [7, 11) is 0. The zero-order chi connectivity index (χ0) is 17.2. The highest BCUT2D eigenvalue weighted by molar-refractivity contribution is 7.10. The summed E-state index contributed by atoms with van der Waals surface area (Å²) in [5.74, 6) is 2.48. The smallest absolute Gasteiger partial charge is 0.231 e. The Kier molecular flexibility index (Phi) is 4.66. The number of benzene rings is 1. The Bertz CT molecular complexity index is 743. The second-order valence-corrected chi connectivity index (χ2v) is 7.95. The van der Waals surface area contributed by atoms with Gasteiger partial charge in [0, 0.05) is 30.3 Å². The molecule has 1 amide bonds. The molecule has 2 atom stereocenters. The zero-order valence-electron chi connectivity index (χ0n) is 14.4. The highest BCUT2D eigenvalue weighted by Crippen LogP contribution is 2.39. The van der Waals surface area contributed by atoms with E-state index in [2.05, 4.69) is 24.4 Å². The molecule has 4 nitrogen and oxygen atoms in total. The first-order chi connectivity index (χ1) is 12.2. The van der Waals surface area contributed by atoms with Crippen LogP contribution in [0.2, 0.25) is 0 Å². The molecule has 25 heavy (non-hydrogen) atoms. The van der Waals surface area contributed by atoms with Crippen molar-refractivity contribution in [1.29, 1.82) is 0 Å². The lowest BCUT2D eigenvalue weighted by molar-refractivity contribution is -0.133. The molecule has 0 aliphatic carbocycles. The fourth-order valence-corrected chi connectivity index (χ4v) is 4.58.